The molecule has 4 nitrogen and oxygen atoms in total. The molecule has 0 saturated heterocycles. The molecular weight excluding hydrogens is 320 g/mol. The summed E-state index contributed by atoms with van der Waals surface area (Å²) in [5, 5.41) is 3.50. The van der Waals surface area contributed by atoms with E-state index in [0.29, 0.717) is 0 Å². The molecule has 130 valence electrons. The maximum Gasteiger partial charge on any atom is 0.161 e. The van der Waals surface area contributed by atoms with Gasteiger partial charge in [0.05, 0.1) is 6.54 Å². The first-order valence-corrected chi connectivity index (χ1v) is 8.83. The highest BCUT2D eigenvalue weighted by Gasteiger charge is 2.13. The molecule has 2 heterocycles. The Kier molecular flexibility index (Phi) is 4.03. The SMILES string of the molecule is Cc1ccc(C)c(-c2ncc(C)c(Nc3cc4c(cc3C)CN=C4)n2)c1. The fourth-order valence-electron chi connectivity index (χ4n) is 3.22. The van der Waals surface area contributed by atoms with Gasteiger partial charge in [0, 0.05) is 29.2 Å². The molecular formula is C22H22N4. The van der Waals surface area contributed by atoms with Crippen molar-refractivity contribution in [2.75, 3.05) is 5.32 Å². The van der Waals surface area contributed by atoms with Crippen molar-refractivity contribution in [3.63, 3.8) is 0 Å². The van der Waals surface area contributed by atoms with Gasteiger partial charge in [0.2, 0.25) is 0 Å². The van der Waals surface area contributed by atoms with Crippen LogP contribution in [0.4, 0.5) is 11.5 Å². The lowest BCUT2D eigenvalue weighted by molar-refractivity contribution is 1.10. The average Bonchev–Trinajstić information content (AvgIpc) is 3.06. The molecule has 2 aromatic carbocycles. The molecule has 0 fully saturated rings. The average molecular weight is 342 g/mol. The van der Waals surface area contributed by atoms with Crippen LogP contribution in [0.5, 0.6) is 0 Å². The number of aromatic nitrogens is 2. The predicted octanol–water partition coefficient (Wildman–Crippen LogP) is 5.05. The summed E-state index contributed by atoms with van der Waals surface area (Å²) in [7, 11) is 0. The standard InChI is InChI=1S/C22H22N4/c1-13-5-6-14(2)19(7-13)22-24-10-16(4)21(26-22)25-20-9-18-12-23-11-17(18)8-15(20)3/h5-10,12H,11H2,1-4H3,(H,24,25,26). The summed E-state index contributed by atoms with van der Waals surface area (Å²) >= 11 is 0. The second kappa shape index (κ2) is 6.37. The van der Waals surface area contributed by atoms with Crippen LogP contribution < -0.4 is 5.32 Å². The Hall–Kier alpha value is -3.01. The van der Waals surface area contributed by atoms with Crippen molar-refractivity contribution in [1.29, 1.82) is 0 Å². The smallest absolute Gasteiger partial charge is 0.161 e. The van der Waals surface area contributed by atoms with E-state index >= 15 is 0 Å². The molecule has 0 radical (unpaired) electrons. The fourth-order valence-corrected chi connectivity index (χ4v) is 3.22. The first kappa shape index (κ1) is 16.5. The van der Waals surface area contributed by atoms with E-state index in [0.717, 1.165) is 35.0 Å². The first-order valence-electron chi connectivity index (χ1n) is 8.83. The molecule has 0 amide bonds. The van der Waals surface area contributed by atoms with Gasteiger partial charge in [0.25, 0.3) is 0 Å². The molecule has 0 unspecified atom stereocenters. The maximum absolute atomic E-state index is 4.82. The Bertz CT molecular complexity index is 1030. The van der Waals surface area contributed by atoms with E-state index in [9.17, 15) is 0 Å². The third-order valence-corrected chi connectivity index (χ3v) is 4.84. The van der Waals surface area contributed by atoms with Crippen LogP contribution in [0.3, 0.4) is 0 Å². The van der Waals surface area contributed by atoms with E-state index in [1.54, 1.807) is 0 Å². The Morgan fingerprint density at radius 2 is 1.77 bits per heavy atom. The van der Waals surface area contributed by atoms with Gasteiger partial charge in [-0.2, -0.15) is 0 Å². The van der Waals surface area contributed by atoms with Gasteiger partial charge in [-0.15, -0.1) is 0 Å². The van der Waals surface area contributed by atoms with Crippen LogP contribution in [-0.4, -0.2) is 16.2 Å². The number of rotatable bonds is 3. The summed E-state index contributed by atoms with van der Waals surface area (Å²) in [6.45, 7) is 9.10. The summed E-state index contributed by atoms with van der Waals surface area (Å²) in [5.74, 6) is 1.59. The van der Waals surface area contributed by atoms with Crippen LogP contribution in [0.25, 0.3) is 11.4 Å². The number of anilines is 2. The number of aryl methyl sites for hydroxylation is 4. The van der Waals surface area contributed by atoms with Crippen molar-refractivity contribution >= 4 is 17.7 Å². The quantitative estimate of drug-likeness (QED) is 0.724. The zero-order valence-corrected chi connectivity index (χ0v) is 15.6. The van der Waals surface area contributed by atoms with Gasteiger partial charge < -0.3 is 5.32 Å². The number of benzene rings is 2. The molecule has 0 saturated carbocycles. The monoisotopic (exact) mass is 342 g/mol. The van der Waals surface area contributed by atoms with Crippen molar-refractivity contribution in [3.05, 3.63) is 69.9 Å². The van der Waals surface area contributed by atoms with Crippen molar-refractivity contribution < 1.29 is 0 Å². The summed E-state index contributed by atoms with van der Waals surface area (Å²) in [6, 6.07) is 10.7. The van der Waals surface area contributed by atoms with E-state index in [1.165, 1.54) is 27.8 Å². The highest BCUT2D eigenvalue weighted by Crippen LogP contribution is 2.29. The van der Waals surface area contributed by atoms with E-state index < -0.39 is 0 Å². The number of hydrogen-bond donors (Lipinski definition) is 1. The van der Waals surface area contributed by atoms with Crippen molar-refractivity contribution in [2.45, 2.75) is 34.2 Å². The maximum atomic E-state index is 4.82. The summed E-state index contributed by atoms with van der Waals surface area (Å²) in [6.07, 6.45) is 3.82. The molecule has 3 aromatic rings. The number of nitrogens with zero attached hydrogens (tertiary/aromatic N) is 3. The van der Waals surface area contributed by atoms with Crippen molar-refractivity contribution in [2.24, 2.45) is 4.99 Å². The van der Waals surface area contributed by atoms with Crippen LogP contribution in [0.15, 0.2) is 41.5 Å². The molecule has 1 aliphatic rings. The van der Waals surface area contributed by atoms with Crippen LogP contribution in [0.2, 0.25) is 0 Å². The molecule has 4 rings (SSSR count). The van der Waals surface area contributed by atoms with Crippen LogP contribution in [-0.2, 0) is 6.54 Å². The Balaban J connectivity index is 1.74. The normalized spacial score (nSPS) is 12.3. The van der Waals surface area contributed by atoms with E-state index in [4.69, 9.17) is 4.98 Å². The van der Waals surface area contributed by atoms with E-state index in [2.05, 4.69) is 66.4 Å². The van der Waals surface area contributed by atoms with Gasteiger partial charge in [-0.05, 0) is 62.1 Å². The highest BCUT2D eigenvalue weighted by molar-refractivity contribution is 5.87. The van der Waals surface area contributed by atoms with Gasteiger partial charge in [0.15, 0.2) is 5.82 Å². The van der Waals surface area contributed by atoms with E-state index in [1.807, 2.05) is 19.3 Å². The third-order valence-electron chi connectivity index (χ3n) is 4.84. The lowest BCUT2D eigenvalue weighted by Crippen LogP contribution is -2.03. The lowest BCUT2D eigenvalue weighted by atomic mass is 10.0. The summed E-state index contributed by atoms with van der Waals surface area (Å²) in [5.41, 5.74) is 9.20. The third kappa shape index (κ3) is 2.99. The molecule has 1 aliphatic heterocycles. The Morgan fingerprint density at radius 1 is 0.923 bits per heavy atom. The minimum absolute atomic E-state index is 0.750. The van der Waals surface area contributed by atoms with Gasteiger partial charge in [0.1, 0.15) is 5.82 Å². The molecule has 1 aromatic heterocycles. The number of aliphatic imine (C=N–C) groups is 1. The number of nitrogens with one attached hydrogen (secondary N) is 1. The second-order valence-corrected chi connectivity index (χ2v) is 7.00. The predicted molar refractivity (Wildman–Crippen MR) is 107 cm³/mol. The fraction of sp³-hybridized carbons (Fsp3) is 0.227. The van der Waals surface area contributed by atoms with Crippen molar-refractivity contribution in [3.8, 4) is 11.4 Å². The van der Waals surface area contributed by atoms with Gasteiger partial charge >= 0.3 is 0 Å². The Labute approximate surface area is 154 Å². The molecule has 26 heavy (non-hydrogen) atoms. The van der Waals surface area contributed by atoms with Gasteiger partial charge in [-0.3, -0.25) is 4.99 Å². The van der Waals surface area contributed by atoms with Crippen LogP contribution in [0, 0.1) is 27.7 Å². The van der Waals surface area contributed by atoms with Gasteiger partial charge in [-0.1, -0.05) is 23.8 Å². The molecule has 0 atom stereocenters. The minimum atomic E-state index is 0.750. The summed E-state index contributed by atoms with van der Waals surface area (Å²) in [4.78, 5) is 13.7. The van der Waals surface area contributed by atoms with Crippen LogP contribution >= 0.6 is 0 Å². The zero-order valence-electron chi connectivity index (χ0n) is 15.6. The first-order chi connectivity index (χ1) is 12.5. The minimum Gasteiger partial charge on any atom is -0.340 e. The lowest BCUT2D eigenvalue weighted by Gasteiger charge is -2.14. The molecule has 0 spiro atoms. The topological polar surface area (TPSA) is 50.2 Å². The van der Waals surface area contributed by atoms with Crippen molar-refractivity contribution in [1.82, 2.24) is 9.97 Å². The van der Waals surface area contributed by atoms with E-state index in [-0.39, 0.29) is 0 Å². The number of hydrogen-bond acceptors (Lipinski definition) is 4. The molecule has 0 bridgehead atoms. The molecule has 4 heteroatoms. The summed E-state index contributed by atoms with van der Waals surface area (Å²) < 4.78 is 0. The largest absolute Gasteiger partial charge is 0.340 e. The molecule has 0 aliphatic carbocycles. The number of fused-ring (bicyclic) bond motifs is 1. The second-order valence-electron chi connectivity index (χ2n) is 7.00. The highest BCUT2D eigenvalue weighted by atomic mass is 15.0. The van der Waals surface area contributed by atoms with Gasteiger partial charge in [-0.25, -0.2) is 9.97 Å². The Morgan fingerprint density at radius 3 is 2.62 bits per heavy atom. The zero-order chi connectivity index (χ0) is 18.3. The van der Waals surface area contributed by atoms with Crippen LogP contribution in [0.1, 0.15) is 33.4 Å². The molecule has 1 N–H and O–H groups in total.